The molecule has 2 atom stereocenters. The SMILES string of the molecule is COC[C@@H](C)NC(=O)[C@@H]1CCCN(Cc2cccc(F)c2)C1. The van der Waals surface area contributed by atoms with E-state index in [-0.39, 0.29) is 23.7 Å². The molecule has 4 nitrogen and oxygen atoms in total. The standard InChI is InChI=1S/C17H25FN2O2/c1-13(12-22-2)19-17(21)15-6-4-8-20(11-15)10-14-5-3-7-16(18)9-14/h3,5,7,9,13,15H,4,6,8,10-12H2,1-2H3,(H,19,21)/t13-,15-/m1/s1. The van der Waals surface area contributed by atoms with Gasteiger partial charge < -0.3 is 10.1 Å². The molecule has 2 rings (SSSR count). The van der Waals surface area contributed by atoms with Gasteiger partial charge >= 0.3 is 0 Å². The number of ether oxygens (including phenoxy) is 1. The number of amides is 1. The van der Waals surface area contributed by atoms with Crippen LogP contribution in [0.25, 0.3) is 0 Å². The van der Waals surface area contributed by atoms with E-state index in [0.717, 1.165) is 31.5 Å². The zero-order valence-electron chi connectivity index (χ0n) is 13.3. The quantitative estimate of drug-likeness (QED) is 0.876. The second-order valence-electron chi connectivity index (χ2n) is 6.07. The van der Waals surface area contributed by atoms with Crippen molar-refractivity contribution in [1.29, 1.82) is 0 Å². The van der Waals surface area contributed by atoms with Gasteiger partial charge in [0.15, 0.2) is 0 Å². The molecule has 0 aromatic heterocycles. The first-order valence-electron chi connectivity index (χ1n) is 7.84. The minimum atomic E-state index is -0.211. The number of nitrogens with zero attached hydrogens (tertiary/aromatic N) is 1. The molecule has 1 saturated heterocycles. The van der Waals surface area contributed by atoms with Crippen molar-refractivity contribution in [2.45, 2.75) is 32.4 Å². The number of likely N-dealkylation sites (tertiary alicyclic amines) is 1. The molecule has 0 radical (unpaired) electrons. The number of halogens is 1. The van der Waals surface area contributed by atoms with Crippen molar-refractivity contribution in [2.24, 2.45) is 5.92 Å². The van der Waals surface area contributed by atoms with Gasteiger partial charge in [-0.3, -0.25) is 9.69 Å². The van der Waals surface area contributed by atoms with Gasteiger partial charge in [-0.05, 0) is 44.0 Å². The van der Waals surface area contributed by atoms with E-state index >= 15 is 0 Å². The third kappa shape index (κ3) is 5.07. The van der Waals surface area contributed by atoms with E-state index in [4.69, 9.17) is 4.74 Å². The van der Waals surface area contributed by atoms with Crippen molar-refractivity contribution in [3.05, 3.63) is 35.6 Å². The molecule has 1 aromatic rings. The molecule has 1 heterocycles. The van der Waals surface area contributed by atoms with E-state index in [1.54, 1.807) is 19.2 Å². The van der Waals surface area contributed by atoms with Crippen molar-refractivity contribution >= 4 is 5.91 Å². The Balaban J connectivity index is 1.87. The molecule has 0 saturated carbocycles. The lowest BCUT2D eigenvalue weighted by Gasteiger charge is -2.32. The summed E-state index contributed by atoms with van der Waals surface area (Å²) in [5.41, 5.74) is 0.953. The summed E-state index contributed by atoms with van der Waals surface area (Å²) in [4.78, 5) is 14.5. The van der Waals surface area contributed by atoms with E-state index in [1.165, 1.54) is 6.07 Å². The summed E-state index contributed by atoms with van der Waals surface area (Å²) >= 11 is 0. The van der Waals surface area contributed by atoms with E-state index in [0.29, 0.717) is 13.2 Å². The maximum absolute atomic E-state index is 13.2. The number of carbonyl (C=O) groups is 1. The van der Waals surface area contributed by atoms with Crippen LogP contribution in [0.1, 0.15) is 25.3 Å². The number of hydrogen-bond donors (Lipinski definition) is 1. The number of nitrogens with one attached hydrogen (secondary N) is 1. The second-order valence-corrected chi connectivity index (χ2v) is 6.07. The first kappa shape index (κ1) is 16.9. The maximum Gasteiger partial charge on any atom is 0.224 e. The molecule has 1 amide bonds. The molecule has 1 aliphatic rings. The van der Waals surface area contributed by atoms with Crippen LogP contribution in [0.15, 0.2) is 24.3 Å². The van der Waals surface area contributed by atoms with E-state index in [1.807, 2.05) is 13.0 Å². The molecule has 5 heteroatoms. The summed E-state index contributed by atoms with van der Waals surface area (Å²) in [6.45, 7) is 4.82. The summed E-state index contributed by atoms with van der Waals surface area (Å²) < 4.78 is 18.3. The minimum Gasteiger partial charge on any atom is -0.383 e. The molecular formula is C17H25FN2O2. The predicted octanol–water partition coefficient (Wildman–Crippen LogP) is 2.19. The molecular weight excluding hydrogens is 283 g/mol. The van der Waals surface area contributed by atoms with Crippen LogP contribution in [-0.4, -0.2) is 43.7 Å². The molecule has 0 spiro atoms. The lowest BCUT2D eigenvalue weighted by molar-refractivity contribution is -0.127. The Bertz CT molecular complexity index is 495. The maximum atomic E-state index is 13.2. The molecule has 122 valence electrons. The molecule has 22 heavy (non-hydrogen) atoms. The number of hydrogen-bond acceptors (Lipinski definition) is 3. The Hall–Kier alpha value is -1.46. The summed E-state index contributed by atoms with van der Waals surface area (Å²) in [6.07, 6.45) is 1.90. The highest BCUT2D eigenvalue weighted by Gasteiger charge is 2.26. The Kier molecular flexibility index (Phi) is 6.34. The molecule has 1 aromatic carbocycles. The lowest BCUT2D eigenvalue weighted by Crippen LogP contribution is -2.46. The van der Waals surface area contributed by atoms with Crippen LogP contribution >= 0.6 is 0 Å². The zero-order chi connectivity index (χ0) is 15.9. The van der Waals surface area contributed by atoms with E-state index in [9.17, 15) is 9.18 Å². The highest BCUT2D eigenvalue weighted by atomic mass is 19.1. The monoisotopic (exact) mass is 308 g/mol. The van der Waals surface area contributed by atoms with Gasteiger partial charge in [-0.1, -0.05) is 12.1 Å². The van der Waals surface area contributed by atoms with E-state index in [2.05, 4.69) is 10.2 Å². The van der Waals surface area contributed by atoms with Gasteiger partial charge in [0.05, 0.1) is 12.5 Å². The molecule has 1 fully saturated rings. The summed E-state index contributed by atoms with van der Waals surface area (Å²) in [5, 5.41) is 2.99. The molecule has 0 unspecified atom stereocenters. The van der Waals surface area contributed by atoms with Gasteiger partial charge in [-0.2, -0.15) is 0 Å². The molecule has 1 aliphatic heterocycles. The largest absolute Gasteiger partial charge is 0.383 e. The zero-order valence-corrected chi connectivity index (χ0v) is 13.3. The Labute approximate surface area is 131 Å². The second kappa shape index (κ2) is 8.25. The first-order valence-corrected chi connectivity index (χ1v) is 7.84. The smallest absolute Gasteiger partial charge is 0.224 e. The summed E-state index contributed by atoms with van der Waals surface area (Å²) in [5.74, 6) is -0.118. The average Bonchev–Trinajstić information content (AvgIpc) is 2.47. The van der Waals surface area contributed by atoms with Crippen molar-refractivity contribution in [3.63, 3.8) is 0 Å². The molecule has 1 N–H and O–H groups in total. The van der Waals surface area contributed by atoms with Gasteiger partial charge in [0, 0.05) is 26.2 Å². The van der Waals surface area contributed by atoms with Crippen LogP contribution in [0.4, 0.5) is 4.39 Å². The van der Waals surface area contributed by atoms with Crippen LogP contribution in [-0.2, 0) is 16.1 Å². The van der Waals surface area contributed by atoms with Gasteiger partial charge in [-0.15, -0.1) is 0 Å². The number of carbonyl (C=O) groups excluding carboxylic acids is 1. The van der Waals surface area contributed by atoms with Crippen LogP contribution in [0, 0.1) is 11.7 Å². The van der Waals surface area contributed by atoms with Gasteiger partial charge in [-0.25, -0.2) is 4.39 Å². The van der Waals surface area contributed by atoms with Crippen molar-refractivity contribution < 1.29 is 13.9 Å². The fraction of sp³-hybridized carbons (Fsp3) is 0.588. The van der Waals surface area contributed by atoms with Gasteiger partial charge in [0.1, 0.15) is 5.82 Å². The summed E-state index contributed by atoms with van der Waals surface area (Å²) in [6, 6.07) is 6.69. The third-order valence-electron chi connectivity index (χ3n) is 3.98. The fourth-order valence-electron chi connectivity index (χ4n) is 2.96. The molecule has 0 aliphatic carbocycles. The van der Waals surface area contributed by atoms with E-state index < -0.39 is 0 Å². The van der Waals surface area contributed by atoms with Crippen molar-refractivity contribution in [2.75, 3.05) is 26.8 Å². The highest BCUT2D eigenvalue weighted by molar-refractivity contribution is 5.79. The Morgan fingerprint density at radius 1 is 1.55 bits per heavy atom. The number of piperidine rings is 1. The van der Waals surface area contributed by atoms with Gasteiger partial charge in [0.2, 0.25) is 5.91 Å². The van der Waals surface area contributed by atoms with Crippen LogP contribution < -0.4 is 5.32 Å². The third-order valence-corrected chi connectivity index (χ3v) is 3.98. The lowest BCUT2D eigenvalue weighted by atomic mass is 9.96. The van der Waals surface area contributed by atoms with Crippen molar-refractivity contribution in [1.82, 2.24) is 10.2 Å². The molecule has 0 bridgehead atoms. The predicted molar refractivity (Wildman–Crippen MR) is 83.9 cm³/mol. The first-order chi connectivity index (χ1) is 10.6. The average molecular weight is 308 g/mol. The van der Waals surface area contributed by atoms with Crippen LogP contribution in [0.5, 0.6) is 0 Å². The summed E-state index contributed by atoms with van der Waals surface area (Å²) in [7, 11) is 1.63. The number of methoxy groups -OCH3 is 1. The van der Waals surface area contributed by atoms with Crippen LogP contribution in [0.3, 0.4) is 0 Å². The fourth-order valence-corrected chi connectivity index (χ4v) is 2.96. The van der Waals surface area contributed by atoms with Crippen molar-refractivity contribution in [3.8, 4) is 0 Å². The van der Waals surface area contributed by atoms with Gasteiger partial charge in [0.25, 0.3) is 0 Å². The minimum absolute atomic E-state index is 0.00150. The van der Waals surface area contributed by atoms with Crippen LogP contribution in [0.2, 0.25) is 0 Å². The Morgan fingerprint density at radius 2 is 2.36 bits per heavy atom. The topological polar surface area (TPSA) is 41.6 Å². The highest BCUT2D eigenvalue weighted by Crippen LogP contribution is 2.19. The normalized spacial score (nSPS) is 20.6. The Morgan fingerprint density at radius 3 is 3.09 bits per heavy atom. The number of benzene rings is 1. The number of rotatable bonds is 6.